The lowest BCUT2D eigenvalue weighted by Gasteiger charge is -2.35. The zero-order valence-electron chi connectivity index (χ0n) is 10.9. The number of nitrogens with one attached hydrogen (secondary N) is 1. The molecule has 1 atom stereocenters. The summed E-state index contributed by atoms with van der Waals surface area (Å²) in [6.45, 7) is 4.73. The van der Waals surface area contributed by atoms with Gasteiger partial charge in [0.2, 0.25) is 0 Å². The molecule has 19 heavy (non-hydrogen) atoms. The lowest BCUT2D eigenvalue weighted by molar-refractivity contribution is -0.384. The molecule has 0 saturated carbocycles. The molecule has 0 aliphatic carbocycles. The Labute approximate surface area is 121 Å². The molecule has 0 aromatic heterocycles. The van der Waals surface area contributed by atoms with Gasteiger partial charge in [-0.25, -0.2) is 0 Å². The van der Waals surface area contributed by atoms with E-state index in [1.807, 2.05) is 13.0 Å². The van der Waals surface area contributed by atoms with Gasteiger partial charge in [-0.15, -0.1) is 0 Å². The minimum absolute atomic E-state index is 0.177. The number of nitro groups is 1. The summed E-state index contributed by atoms with van der Waals surface area (Å²) in [5.74, 6) is 0. The van der Waals surface area contributed by atoms with E-state index in [0.29, 0.717) is 11.7 Å². The van der Waals surface area contributed by atoms with Gasteiger partial charge in [-0.05, 0) is 38.4 Å². The molecule has 1 aromatic rings. The molecule has 1 heterocycles. The number of rotatable bonds is 4. The van der Waals surface area contributed by atoms with Crippen LogP contribution in [0, 0.1) is 10.1 Å². The number of nitrogens with zero attached hydrogens (tertiary/aromatic N) is 2. The fourth-order valence-corrected chi connectivity index (χ4v) is 2.95. The van der Waals surface area contributed by atoms with E-state index in [2.05, 4.69) is 26.1 Å². The van der Waals surface area contributed by atoms with E-state index in [0.717, 1.165) is 36.9 Å². The van der Waals surface area contributed by atoms with Crippen LogP contribution >= 0.6 is 15.9 Å². The van der Waals surface area contributed by atoms with Gasteiger partial charge in [0, 0.05) is 29.7 Å². The normalized spacial score (nSPS) is 19.2. The van der Waals surface area contributed by atoms with Crippen LogP contribution in [0.1, 0.15) is 19.8 Å². The van der Waals surface area contributed by atoms with Crippen LogP contribution in [-0.4, -0.2) is 30.6 Å². The number of benzene rings is 1. The molecular weight excluding hydrogens is 310 g/mol. The maximum atomic E-state index is 11.2. The average molecular weight is 328 g/mol. The van der Waals surface area contributed by atoms with Crippen molar-refractivity contribution in [1.82, 2.24) is 5.32 Å². The third kappa shape index (κ3) is 3.25. The first-order chi connectivity index (χ1) is 9.13. The second-order valence-electron chi connectivity index (χ2n) is 4.68. The summed E-state index contributed by atoms with van der Waals surface area (Å²) < 4.78 is 0.871. The second kappa shape index (κ2) is 6.34. The topological polar surface area (TPSA) is 58.4 Å². The van der Waals surface area contributed by atoms with E-state index in [4.69, 9.17) is 0 Å². The van der Waals surface area contributed by atoms with E-state index in [9.17, 15) is 10.1 Å². The summed E-state index contributed by atoms with van der Waals surface area (Å²) in [4.78, 5) is 13.0. The van der Waals surface area contributed by atoms with Crippen LogP contribution in [0.3, 0.4) is 0 Å². The Morgan fingerprint density at radius 1 is 1.58 bits per heavy atom. The van der Waals surface area contributed by atoms with Gasteiger partial charge >= 0.3 is 0 Å². The van der Waals surface area contributed by atoms with Gasteiger partial charge in [-0.3, -0.25) is 10.1 Å². The molecule has 0 amide bonds. The molecule has 1 aliphatic rings. The molecule has 0 bridgehead atoms. The zero-order valence-corrected chi connectivity index (χ0v) is 12.5. The van der Waals surface area contributed by atoms with Crippen molar-refractivity contribution in [1.29, 1.82) is 0 Å². The third-order valence-corrected chi connectivity index (χ3v) is 3.99. The van der Waals surface area contributed by atoms with Crippen molar-refractivity contribution in [3.05, 3.63) is 32.8 Å². The van der Waals surface area contributed by atoms with Crippen LogP contribution in [0.4, 0.5) is 11.4 Å². The minimum atomic E-state index is -0.305. The highest BCUT2D eigenvalue weighted by Gasteiger charge is 2.26. The van der Waals surface area contributed by atoms with Crippen molar-refractivity contribution in [3.8, 4) is 0 Å². The standard InChI is InChI=1S/C13H18BrN3O2/c1-2-16(11-4-3-7-15-9-11)13-8-10(14)5-6-12(13)17(18)19/h5-6,8,11,15H,2-4,7,9H2,1H3. The Morgan fingerprint density at radius 2 is 2.37 bits per heavy atom. The van der Waals surface area contributed by atoms with Crippen molar-refractivity contribution in [2.45, 2.75) is 25.8 Å². The zero-order chi connectivity index (χ0) is 13.8. The number of halogens is 1. The van der Waals surface area contributed by atoms with E-state index < -0.39 is 0 Å². The van der Waals surface area contributed by atoms with Gasteiger partial charge in [0.25, 0.3) is 5.69 Å². The number of likely N-dealkylation sites (N-methyl/N-ethyl adjacent to an activating group) is 1. The Balaban J connectivity index is 2.35. The highest BCUT2D eigenvalue weighted by Crippen LogP contribution is 2.33. The van der Waals surface area contributed by atoms with Crippen LogP contribution < -0.4 is 10.2 Å². The fraction of sp³-hybridized carbons (Fsp3) is 0.538. The average Bonchev–Trinajstić information content (AvgIpc) is 2.40. The smallest absolute Gasteiger partial charge is 0.292 e. The first kappa shape index (κ1) is 14.3. The third-order valence-electron chi connectivity index (χ3n) is 3.50. The molecule has 1 fully saturated rings. The first-order valence-electron chi connectivity index (χ1n) is 6.54. The summed E-state index contributed by atoms with van der Waals surface area (Å²) in [6.07, 6.45) is 2.19. The van der Waals surface area contributed by atoms with E-state index in [1.54, 1.807) is 12.1 Å². The SMILES string of the molecule is CCN(c1cc(Br)ccc1[N+](=O)[O-])C1CCCNC1. The van der Waals surface area contributed by atoms with E-state index >= 15 is 0 Å². The predicted octanol–water partition coefficient (Wildman–Crippen LogP) is 2.94. The van der Waals surface area contributed by atoms with Gasteiger partial charge < -0.3 is 10.2 Å². The number of piperidine rings is 1. The maximum absolute atomic E-state index is 11.2. The highest BCUT2D eigenvalue weighted by atomic mass is 79.9. The molecule has 5 nitrogen and oxygen atoms in total. The van der Waals surface area contributed by atoms with Gasteiger partial charge in [-0.1, -0.05) is 15.9 Å². The van der Waals surface area contributed by atoms with Crippen molar-refractivity contribution >= 4 is 27.3 Å². The minimum Gasteiger partial charge on any atom is -0.362 e. The quantitative estimate of drug-likeness (QED) is 0.682. The van der Waals surface area contributed by atoms with Crippen molar-refractivity contribution in [2.75, 3.05) is 24.5 Å². The monoisotopic (exact) mass is 327 g/mol. The van der Waals surface area contributed by atoms with Crippen LogP contribution in [0.25, 0.3) is 0 Å². The Bertz CT molecular complexity index is 461. The molecule has 1 N–H and O–H groups in total. The number of hydrogen-bond donors (Lipinski definition) is 1. The molecule has 1 unspecified atom stereocenters. The Morgan fingerprint density at radius 3 is 2.95 bits per heavy atom. The lowest BCUT2D eigenvalue weighted by atomic mass is 10.0. The fourth-order valence-electron chi connectivity index (χ4n) is 2.61. The molecule has 0 spiro atoms. The number of hydrogen-bond acceptors (Lipinski definition) is 4. The molecule has 0 radical (unpaired) electrons. The Hall–Kier alpha value is -1.14. The maximum Gasteiger partial charge on any atom is 0.292 e. The summed E-state index contributed by atoms with van der Waals surface area (Å²) in [5.41, 5.74) is 0.881. The highest BCUT2D eigenvalue weighted by molar-refractivity contribution is 9.10. The molecule has 104 valence electrons. The van der Waals surface area contributed by atoms with Crippen molar-refractivity contribution in [2.24, 2.45) is 0 Å². The van der Waals surface area contributed by atoms with Crippen LogP contribution in [-0.2, 0) is 0 Å². The number of nitro benzene ring substituents is 1. The van der Waals surface area contributed by atoms with Gasteiger partial charge in [0.05, 0.1) is 4.92 Å². The predicted molar refractivity (Wildman–Crippen MR) is 79.7 cm³/mol. The summed E-state index contributed by atoms with van der Waals surface area (Å²) in [7, 11) is 0. The van der Waals surface area contributed by atoms with Crippen molar-refractivity contribution in [3.63, 3.8) is 0 Å². The van der Waals surface area contributed by atoms with Gasteiger partial charge in [0.15, 0.2) is 0 Å². The molecule has 1 saturated heterocycles. The molecule has 1 aromatic carbocycles. The Kier molecular flexibility index (Phi) is 4.76. The molecule has 6 heteroatoms. The van der Waals surface area contributed by atoms with E-state index in [-0.39, 0.29) is 10.6 Å². The summed E-state index contributed by atoms with van der Waals surface area (Å²) in [6, 6.07) is 5.45. The molecule has 1 aliphatic heterocycles. The van der Waals surface area contributed by atoms with Crippen LogP contribution in [0.5, 0.6) is 0 Å². The van der Waals surface area contributed by atoms with Gasteiger partial charge in [-0.2, -0.15) is 0 Å². The van der Waals surface area contributed by atoms with E-state index in [1.165, 1.54) is 0 Å². The second-order valence-corrected chi connectivity index (χ2v) is 5.59. The largest absolute Gasteiger partial charge is 0.362 e. The molecule has 2 rings (SSSR count). The lowest BCUT2D eigenvalue weighted by Crippen LogP contribution is -2.46. The molecular formula is C13H18BrN3O2. The van der Waals surface area contributed by atoms with Crippen LogP contribution in [0.15, 0.2) is 22.7 Å². The number of anilines is 1. The summed E-state index contributed by atoms with van der Waals surface area (Å²) in [5, 5.41) is 14.5. The van der Waals surface area contributed by atoms with Crippen molar-refractivity contribution < 1.29 is 4.92 Å². The van der Waals surface area contributed by atoms with Gasteiger partial charge in [0.1, 0.15) is 5.69 Å². The first-order valence-corrected chi connectivity index (χ1v) is 7.34. The summed E-state index contributed by atoms with van der Waals surface area (Å²) >= 11 is 3.40. The van der Waals surface area contributed by atoms with Crippen LogP contribution in [0.2, 0.25) is 0 Å².